The van der Waals surface area contributed by atoms with Crippen molar-refractivity contribution in [2.24, 2.45) is 10.8 Å². The summed E-state index contributed by atoms with van der Waals surface area (Å²) in [6.07, 6.45) is 1.02. The van der Waals surface area contributed by atoms with Crippen LogP contribution in [0.2, 0.25) is 0 Å². The van der Waals surface area contributed by atoms with Crippen molar-refractivity contribution >= 4 is 0 Å². The third kappa shape index (κ3) is 2.11. The standard InChI is InChI=1S/C11H19N/c1-7-10(3,4)9(2)11(5,6)8-12/h2,7H2,1,3-6H3. The molecule has 0 aromatic carbocycles. The van der Waals surface area contributed by atoms with Gasteiger partial charge < -0.3 is 0 Å². The highest BCUT2D eigenvalue weighted by atomic mass is 14.4. The van der Waals surface area contributed by atoms with Crippen molar-refractivity contribution < 1.29 is 0 Å². The molecule has 0 N–H and O–H groups in total. The Labute approximate surface area is 76.1 Å². The highest BCUT2D eigenvalue weighted by Crippen LogP contribution is 2.40. The van der Waals surface area contributed by atoms with Crippen molar-refractivity contribution in [1.82, 2.24) is 0 Å². The van der Waals surface area contributed by atoms with Crippen LogP contribution >= 0.6 is 0 Å². The van der Waals surface area contributed by atoms with Gasteiger partial charge in [-0.1, -0.05) is 32.9 Å². The maximum absolute atomic E-state index is 8.91. The van der Waals surface area contributed by atoms with Gasteiger partial charge in [0.2, 0.25) is 0 Å². The molecule has 12 heavy (non-hydrogen) atoms. The van der Waals surface area contributed by atoms with Gasteiger partial charge in [0.15, 0.2) is 0 Å². The van der Waals surface area contributed by atoms with Crippen LogP contribution in [0.15, 0.2) is 12.2 Å². The van der Waals surface area contributed by atoms with Gasteiger partial charge in [-0.2, -0.15) is 5.26 Å². The first-order valence-electron chi connectivity index (χ1n) is 4.39. The van der Waals surface area contributed by atoms with Crippen molar-refractivity contribution in [3.63, 3.8) is 0 Å². The molecule has 1 heteroatoms. The summed E-state index contributed by atoms with van der Waals surface area (Å²) >= 11 is 0. The second kappa shape index (κ2) is 3.31. The summed E-state index contributed by atoms with van der Waals surface area (Å²) in [6, 6.07) is 2.28. The molecule has 0 heterocycles. The fourth-order valence-corrected chi connectivity index (χ4v) is 1.13. The summed E-state index contributed by atoms with van der Waals surface area (Å²) in [5, 5.41) is 8.91. The van der Waals surface area contributed by atoms with E-state index < -0.39 is 5.41 Å². The predicted molar refractivity (Wildman–Crippen MR) is 52.6 cm³/mol. The van der Waals surface area contributed by atoms with Gasteiger partial charge in [-0.25, -0.2) is 0 Å². The molecule has 0 aromatic heterocycles. The van der Waals surface area contributed by atoms with Crippen LogP contribution in [-0.2, 0) is 0 Å². The van der Waals surface area contributed by atoms with Crippen molar-refractivity contribution in [3.8, 4) is 6.07 Å². The summed E-state index contributed by atoms with van der Waals surface area (Å²) in [5.41, 5.74) is 0.693. The highest BCUT2D eigenvalue weighted by molar-refractivity contribution is 5.23. The molecule has 0 saturated heterocycles. The Kier molecular flexibility index (Phi) is 3.10. The molecule has 0 saturated carbocycles. The van der Waals surface area contributed by atoms with Gasteiger partial charge in [0.05, 0.1) is 11.5 Å². The smallest absolute Gasteiger partial charge is 0.0729 e. The van der Waals surface area contributed by atoms with E-state index in [1.54, 1.807) is 0 Å². The average Bonchev–Trinajstić information content (AvgIpc) is 2.03. The molecule has 68 valence electrons. The van der Waals surface area contributed by atoms with Gasteiger partial charge in [0.1, 0.15) is 0 Å². The lowest BCUT2D eigenvalue weighted by molar-refractivity contribution is 0.357. The zero-order valence-corrected chi connectivity index (χ0v) is 8.86. The molecule has 0 rings (SSSR count). The van der Waals surface area contributed by atoms with E-state index in [1.807, 2.05) is 13.8 Å². The zero-order valence-electron chi connectivity index (χ0n) is 8.86. The van der Waals surface area contributed by atoms with Crippen molar-refractivity contribution in [2.45, 2.75) is 41.0 Å². The van der Waals surface area contributed by atoms with E-state index in [2.05, 4.69) is 33.4 Å². The zero-order chi connectivity index (χ0) is 9.99. The first kappa shape index (κ1) is 11.2. The van der Waals surface area contributed by atoms with Crippen LogP contribution in [0, 0.1) is 22.2 Å². The van der Waals surface area contributed by atoms with Gasteiger partial charge >= 0.3 is 0 Å². The van der Waals surface area contributed by atoms with E-state index in [0.717, 1.165) is 12.0 Å². The minimum absolute atomic E-state index is 0.0687. The van der Waals surface area contributed by atoms with Crippen molar-refractivity contribution in [2.75, 3.05) is 0 Å². The number of allylic oxidation sites excluding steroid dienone is 1. The third-order valence-electron chi connectivity index (χ3n) is 2.73. The summed E-state index contributed by atoms with van der Waals surface area (Å²) in [4.78, 5) is 0. The fraction of sp³-hybridized carbons (Fsp3) is 0.727. The first-order chi connectivity index (χ1) is 5.28. The highest BCUT2D eigenvalue weighted by Gasteiger charge is 2.31. The van der Waals surface area contributed by atoms with Crippen LogP contribution in [0.4, 0.5) is 0 Å². The van der Waals surface area contributed by atoms with E-state index in [4.69, 9.17) is 5.26 Å². The minimum atomic E-state index is -0.403. The molecule has 0 atom stereocenters. The molecule has 0 unspecified atom stereocenters. The van der Waals surface area contributed by atoms with Crippen LogP contribution in [-0.4, -0.2) is 0 Å². The Morgan fingerprint density at radius 2 is 1.75 bits per heavy atom. The molecule has 0 bridgehead atoms. The Balaban J connectivity index is 4.75. The Hall–Kier alpha value is -0.770. The molecule has 0 aromatic rings. The molecule has 0 aliphatic carbocycles. The Morgan fingerprint density at radius 1 is 1.33 bits per heavy atom. The monoisotopic (exact) mass is 165 g/mol. The number of nitriles is 1. The molecular weight excluding hydrogens is 146 g/mol. The third-order valence-corrected chi connectivity index (χ3v) is 2.73. The maximum Gasteiger partial charge on any atom is 0.0729 e. The van der Waals surface area contributed by atoms with Crippen LogP contribution < -0.4 is 0 Å². The SMILES string of the molecule is C=C(C(C)(C)C#N)C(C)(C)CC. The van der Waals surface area contributed by atoms with Crippen molar-refractivity contribution in [3.05, 3.63) is 12.2 Å². The van der Waals surface area contributed by atoms with Gasteiger partial charge in [0, 0.05) is 0 Å². The molecular formula is C11H19N. The molecule has 0 spiro atoms. The normalized spacial score (nSPS) is 12.3. The fourth-order valence-electron chi connectivity index (χ4n) is 1.13. The number of nitrogens with zero attached hydrogens (tertiary/aromatic N) is 1. The molecule has 0 aliphatic heterocycles. The Bertz CT molecular complexity index is 216. The van der Waals surface area contributed by atoms with Crippen LogP contribution in [0.3, 0.4) is 0 Å². The summed E-state index contributed by atoms with van der Waals surface area (Å²) < 4.78 is 0. The number of hydrogen-bond donors (Lipinski definition) is 0. The quantitative estimate of drug-likeness (QED) is 0.587. The summed E-state index contributed by atoms with van der Waals surface area (Å²) in [5.74, 6) is 0. The molecule has 0 fully saturated rings. The van der Waals surface area contributed by atoms with Crippen LogP contribution in [0.5, 0.6) is 0 Å². The van der Waals surface area contributed by atoms with Gasteiger partial charge in [0.25, 0.3) is 0 Å². The second-order valence-corrected chi connectivity index (χ2v) is 4.45. The Morgan fingerprint density at radius 3 is 2.00 bits per heavy atom. The summed E-state index contributed by atoms with van der Waals surface area (Å²) in [7, 11) is 0. The van der Waals surface area contributed by atoms with E-state index in [-0.39, 0.29) is 5.41 Å². The lowest BCUT2D eigenvalue weighted by Crippen LogP contribution is -2.24. The van der Waals surface area contributed by atoms with Gasteiger partial charge in [-0.05, 0) is 25.7 Å². The lowest BCUT2D eigenvalue weighted by atomic mass is 9.70. The van der Waals surface area contributed by atoms with Crippen molar-refractivity contribution in [1.29, 1.82) is 5.26 Å². The van der Waals surface area contributed by atoms with Gasteiger partial charge in [-0.15, -0.1) is 0 Å². The second-order valence-electron chi connectivity index (χ2n) is 4.45. The number of rotatable bonds is 3. The van der Waals surface area contributed by atoms with Crippen LogP contribution in [0.25, 0.3) is 0 Å². The minimum Gasteiger partial charge on any atom is -0.197 e. The van der Waals surface area contributed by atoms with E-state index in [0.29, 0.717) is 0 Å². The molecule has 1 nitrogen and oxygen atoms in total. The maximum atomic E-state index is 8.91. The molecule has 0 amide bonds. The predicted octanol–water partition coefficient (Wildman–Crippen LogP) is 3.53. The molecule has 0 aliphatic rings. The average molecular weight is 165 g/mol. The van der Waals surface area contributed by atoms with Crippen LogP contribution in [0.1, 0.15) is 41.0 Å². The lowest BCUT2D eigenvalue weighted by Gasteiger charge is -2.33. The topological polar surface area (TPSA) is 23.8 Å². The number of hydrogen-bond acceptors (Lipinski definition) is 1. The molecule has 0 radical (unpaired) electrons. The first-order valence-corrected chi connectivity index (χ1v) is 4.39. The van der Waals surface area contributed by atoms with E-state index >= 15 is 0 Å². The van der Waals surface area contributed by atoms with E-state index in [9.17, 15) is 0 Å². The summed E-state index contributed by atoms with van der Waals surface area (Å²) in [6.45, 7) is 14.3. The van der Waals surface area contributed by atoms with Gasteiger partial charge in [-0.3, -0.25) is 0 Å². The van der Waals surface area contributed by atoms with E-state index in [1.165, 1.54) is 0 Å². The largest absolute Gasteiger partial charge is 0.197 e.